The van der Waals surface area contributed by atoms with Gasteiger partial charge in [-0.2, -0.15) is 0 Å². The summed E-state index contributed by atoms with van der Waals surface area (Å²) in [5.74, 6) is 0.106. The zero-order valence-electron chi connectivity index (χ0n) is 15.0. The molecule has 1 aliphatic rings. The van der Waals surface area contributed by atoms with E-state index in [9.17, 15) is 14.7 Å². The molecule has 1 aliphatic carbocycles. The van der Waals surface area contributed by atoms with Crippen LogP contribution in [0.1, 0.15) is 54.4 Å². The molecule has 1 fully saturated rings. The monoisotopic (exact) mass is 330 g/mol. The number of amides is 2. The van der Waals surface area contributed by atoms with E-state index in [4.69, 9.17) is 9.47 Å². The van der Waals surface area contributed by atoms with Crippen LogP contribution in [0.15, 0.2) is 0 Å². The van der Waals surface area contributed by atoms with Crippen molar-refractivity contribution in [1.29, 1.82) is 0 Å². The van der Waals surface area contributed by atoms with Gasteiger partial charge >= 0.3 is 12.2 Å². The van der Waals surface area contributed by atoms with E-state index in [0.29, 0.717) is 19.4 Å². The van der Waals surface area contributed by atoms with E-state index in [-0.39, 0.29) is 12.5 Å². The summed E-state index contributed by atoms with van der Waals surface area (Å²) in [4.78, 5) is 23.4. The van der Waals surface area contributed by atoms with Crippen LogP contribution >= 0.6 is 0 Å². The molecular formula is C16H30N2O5. The highest BCUT2D eigenvalue weighted by Crippen LogP contribution is 2.45. The Bertz CT molecular complexity index is 439. The van der Waals surface area contributed by atoms with Gasteiger partial charge in [0.05, 0.1) is 12.1 Å². The van der Waals surface area contributed by atoms with E-state index < -0.39 is 28.9 Å². The van der Waals surface area contributed by atoms with E-state index >= 15 is 0 Å². The lowest BCUT2D eigenvalue weighted by Crippen LogP contribution is -2.44. The normalized spacial score (nSPS) is 23.9. The first-order chi connectivity index (χ1) is 10.4. The summed E-state index contributed by atoms with van der Waals surface area (Å²) >= 11 is 0. The van der Waals surface area contributed by atoms with Crippen molar-refractivity contribution in [3.05, 3.63) is 0 Å². The van der Waals surface area contributed by atoms with Gasteiger partial charge in [0.2, 0.25) is 0 Å². The predicted octanol–water partition coefficient (Wildman–Crippen LogP) is 2.18. The first-order valence-corrected chi connectivity index (χ1v) is 7.96. The van der Waals surface area contributed by atoms with Gasteiger partial charge in [-0.15, -0.1) is 0 Å². The highest BCUT2D eigenvalue weighted by molar-refractivity contribution is 5.69. The lowest BCUT2D eigenvalue weighted by atomic mass is 10.1. The van der Waals surface area contributed by atoms with Crippen LogP contribution in [0.5, 0.6) is 0 Å². The minimum Gasteiger partial charge on any atom is -0.444 e. The Balaban J connectivity index is 2.35. The molecule has 23 heavy (non-hydrogen) atoms. The number of aliphatic hydroxyl groups is 1. The van der Waals surface area contributed by atoms with E-state index in [0.717, 1.165) is 0 Å². The first-order valence-electron chi connectivity index (χ1n) is 7.96. The summed E-state index contributed by atoms with van der Waals surface area (Å²) in [5, 5.41) is 15.0. The van der Waals surface area contributed by atoms with Gasteiger partial charge in [-0.05, 0) is 60.3 Å². The first kappa shape index (κ1) is 19.5. The Morgan fingerprint density at radius 1 is 1.09 bits per heavy atom. The molecule has 2 atom stereocenters. The van der Waals surface area contributed by atoms with Crippen LogP contribution in [-0.2, 0) is 9.47 Å². The number of hydrogen-bond acceptors (Lipinski definition) is 5. The van der Waals surface area contributed by atoms with Crippen LogP contribution in [0, 0.1) is 5.92 Å². The van der Waals surface area contributed by atoms with Gasteiger partial charge in [0.15, 0.2) is 0 Å². The molecule has 3 N–H and O–H groups in total. The van der Waals surface area contributed by atoms with Crippen LogP contribution in [0.2, 0.25) is 0 Å². The van der Waals surface area contributed by atoms with Crippen molar-refractivity contribution >= 4 is 12.2 Å². The zero-order chi connectivity index (χ0) is 17.9. The van der Waals surface area contributed by atoms with Crippen LogP contribution in [0.4, 0.5) is 9.59 Å². The number of alkyl carbamates (subject to hydrolysis) is 2. The maximum atomic E-state index is 11.8. The van der Waals surface area contributed by atoms with E-state index in [1.54, 1.807) is 41.5 Å². The molecule has 2 amide bonds. The number of nitrogens with one attached hydrogen (secondary N) is 2. The Labute approximate surface area is 138 Å². The van der Waals surface area contributed by atoms with Gasteiger partial charge in [0, 0.05) is 6.54 Å². The van der Waals surface area contributed by atoms with Crippen molar-refractivity contribution in [2.75, 3.05) is 13.2 Å². The van der Waals surface area contributed by atoms with Gasteiger partial charge < -0.3 is 25.2 Å². The van der Waals surface area contributed by atoms with E-state index in [2.05, 4.69) is 10.6 Å². The number of rotatable bonds is 5. The minimum atomic E-state index is -0.641. The summed E-state index contributed by atoms with van der Waals surface area (Å²) in [5.41, 5.74) is -1.75. The average Bonchev–Trinajstić information content (AvgIpc) is 2.97. The van der Waals surface area contributed by atoms with Crippen LogP contribution in [0.25, 0.3) is 0 Å². The van der Waals surface area contributed by atoms with Crippen molar-refractivity contribution in [3.8, 4) is 0 Å². The molecule has 7 heteroatoms. The van der Waals surface area contributed by atoms with Gasteiger partial charge in [-0.25, -0.2) is 9.59 Å². The van der Waals surface area contributed by atoms with Crippen molar-refractivity contribution in [2.45, 2.75) is 71.1 Å². The van der Waals surface area contributed by atoms with Gasteiger partial charge in [-0.3, -0.25) is 0 Å². The SMILES string of the molecule is CC(C)(C)OC(=O)NCC[C@@H]1C[C@@]1(CO)NC(=O)OC(C)(C)C. The summed E-state index contributed by atoms with van der Waals surface area (Å²) in [6.45, 7) is 11.0. The van der Waals surface area contributed by atoms with E-state index in [1.165, 1.54) is 0 Å². The molecule has 0 unspecified atom stereocenters. The molecular weight excluding hydrogens is 300 g/mol. The summed E-state index contributed by atoms with van der Waals surface area (Å²) in [7, 11) is 0. The Hall–Kier alpha value is -1.50. The molecule has 0 aromatic carbocycles. The third-order valence-corrected chi connectivity index (χ3v) is 3.43. The molecule has 0 bridgehead atoms. The minimum absolute atomic E-state index is 0.106. The maximum absolute atomic E-state index is 11.8. The lowest BCUT2D eigenvalue weighted by molar-refractivity contribution is 0.0454. The standard InChI is InChI=1S/C16H30N2O5/c1-14(2,3)22-12(20)17-8-7-11-9-16(11,10-19)18-13(21)23-15(4,5)6/h11,19H,7-10H2,1-6H3,(H,17,20)(H,18,21)/t11-,16+/m1/s1. The molecule has 7 nitrogen and oxygen atoms in total. The molecule has 1 saturated carbocycles. The highest BCUT2D eigenvalue weighted by Gasteiger charge is 2.54. The average molecular weight is 330 g/mol. The molecule has 0 aromatic rings. The zero-order valence-corrected chi connectivity index (χ0v) is 15.0. The second-order valence-electron chi connectivity index (χ2n) is 8.06. The number of carbonyl (C=O) groups is 2. The summed E-state index contributed by atoms with van der Waals surface area (Å²) in [6.07, 6.45) is 0.316. The lowest BCUT2D eigenvalue weighted by Gasteiger charge is -2.23. The third kappa shape index (κ3) is 7.07. The predicted molar refractivity (Wildman–Crippen MR) is 86.1 cm³/mol. The van der Waals surface area contributed by atoms with Crippen LogP contribution < -0.4 is 10.6 Å². The second kappa shape index (κ2) is 6.95. The molecule has 0 aromatic heterocycles. The van der Waals surface area contributed by atoms with Crippen molar-refractivity contribution in [2.24, 2.45) is 5.92 Å². The molecule has 0 spiro atoms. The van der Waals surface area contributed by atoms with Crippen molar-refractivity contribution < 1.29 is 24.2 Å². The number of aliphatic hydroxyl groups excluding tert-OH is 1. The molecule has 134 valence electrons. The summed E-state index contributed by atoms with van der Waals surface area (Å²) in [6, 6.07) is 0. The largest absolute Gasteiger partial charge is 0.444 e. The maximum Gasteiger partial charge on any atom is 0.408 e. The second-order valence-corrected chi connectivity index (χ2v) is 8.06. The number of ether oxygens (including phenoxy) is 2. The number of hydrogen-bond donors (Lipinski definition) is 3. The van der Waals surface area contributed by atoms with Crippen LogP contribution in [0.3, 0.4) is 0 Å². The quantitative estimate of drug-likeness (QED) is 0.718. The fourth-order valence-corrected chi connectivity index (χ4v) is 2.31. The topological polar surface area (TPSA) is 96.9 Å². The highest BCUT2D eigenvalue weighted by atomic mass is 16.6. The third-order valence-electron chi connectivity index (χ3n) is 3.43. The van der Waals surface area contributed by atoms with Gasteiger partial charge in [-0.1, -0.05) is 0 Å². The smallest absolute Gasteiger partial charge is 0.408 e. The molecule has 0 aliphatic heterocycles. The van der Waals surface area contributed by atoms with Gasteiger partial charge in [0.25, 0.3) is 0 Å². The Kier molecular flexibility index (Phi) is 5.90. The molecule has 0 radical (unpaired) electrons. The molecule has 0 heterocycles. The molecule has 1 rings (SSSR count). The number of carbonyl (C=O) groups excluding carboxylic acids is 2. The summed E-state index contributed by atoms with van der Waals surface area (Å²) < 4.78 is 10.4. The Morgan fingerprint density at radius 2 is 1.61 bits per heavy atom. The van der Waals surface area contributed by atoms with E-state index in [1.807, 2.05) is 0 Å². The van der Waals surface area contributed by atoms with Crippen molar-refractivity contribution in [3.63, 3.8) is 0 Å². The van der Waals surface area contributed by atoms with Crippen LogP contribution in [-0.4, -0.2) is 47.2 Å². The van der Waals surface area contributed by atoms with Gasteiger partial charge in [0.1, 0.15) is 11.2 Å². The molecule has 0 saturated heterocycles. The fraction of sp³-hybridized carbons (Fsp3) is 0.875. The van der Waals surface area contributed by atoms with Crippen molar-refractivity contribution in [1.82, 2.24) is 10.6 Å². The Morgan fingerprint density at radius 3 is 2.09 bits per heavy atom. The fourth-order valence-electron chi connectivity index (χ4n) is 2.31.